The molecule has 1 heterocycles. The van der Waals surface area contributed by atoms with Crippen LogP contribution < -0.4 is 0 Å². The molecule has 6 heteroatoms. The Hall–Kier alpha value is -0.100. The molecule has 0 amide bonds. The number of pyridine rings is 1. The second-order valence-corrected chi connectivity index (χ2v) is 7.30. The van der Waals surface area contributed by atoms with Gasteiger partial charge >= 0.3 is 0 Å². The molecule has 16 heavy (non-hydrogen) atoms. The summed E-state index contributed by atoms with van der Waals surface area (Å²) in [6.07, 6.45) is 3.13. The van der Waals surface area contributed by atoms with Gasteiger partial charge in [0.05, 0.1) is 6.21 Å². The van der Waals surface area contributed by atoms with E-state index in [4.69, 9.17) is 11.6 Å². The standard InChI is InChI=1S/C10H12BrClN2OS/c1-10(2,3)16(15)14-5-7-4-9(12)13-6-8(7)11/h4-6H,1-3H3/t16-/m0/s1. The highest BCUT2D eigenvalue weighted by molar-refractivity contribution is 9.10. The number of hydrogen-bond acceptors (Lipinski definition) is 3. The zero-order valence-corrected chi connectivity index (χ0v) is 12.4. The van der Waals surface area contributed by atoms with Gasteiger partial charge in [0, 0.05) is 16.2 Å². The van der Waals surface area contributed by atoms with Gasteiger partial charge in [-0.2, -0.15) is 0 Å². The lowest BCUT2D eigenvalue weighted by Gasteiger charge is -2.17. The Kier molecular flexibility index (Phi) is 4.79. The largest absolute Gasteiger partial charge is 0.591 e. The summed E-state index contributed by atoms with van der Waals surface area (Å²) >= 11 is 7.80. The van der Waals surface area contributed by atoms with E-state index in [1.54, 1.807) is 18.5 Å². The van der Waals surface area contributed by atoms with E-state index in [0.29, 0.717) is 5.15 Å². The quantitative estimate of drug-likeness (QED) is 0.476. The molecule has 1 aromatic heterocycles. The molecule has 0 aliphatic rings. The SMILES string of the molecule is CC(C)(C)[S@+]([O-])N=Cc1cc(Cl)ncc1Br. The molecule has 0 aliphatic carbocycles. The van der Waals surface area contributed by atoms with E-state index in [1.807, 2.05) is 20.8 Å². The molecule has 0 saturated carbocycles. The minimum absolute atomic E-state index is 0.361. The molecule has 0 saturated heterocycles. The van der Waals surface area contributed by atoms with E-state index >= 15 is 0 Å². The van der Waals surface area contributed by atoms with Crippen LogP contribution in [0.3, 0.4) is 0 Å². The van der Waals surface area contributed by atoms with E-state index in [-0.39, 0.29) is 4.75 Å². The van der Waals surface area contributed by atoms with Crippen molar-refractivity contribution in [1.82, 2.24) is 4.98 Å². The maximum atomic E-state index is 11.7. The van der Waals surface area contributed by atoms with Gasteiger partial charge in [-0.15, -0.1) is 0 Å². The summed E-state index contributed by atoms with van der Waals surface area (Å²) in [4.78, 5) is 3.90. The Bertz CT molecular complexity index is 406. The fourth-order valence-corrected chi connectivity index (χ4v) is 1.80. The van der Waals surface area contributed by atoms with Crippen molar-refractivity contribution in [3.05, 3.63) is 27.5 Å². The van der Waals surface area contributed by atoms with Gasteiger partial charge < -0.3 is 4.55 Å². The Morgan fingerprint density at radius 1 is 1.56 bits per heavy atom. The highest BCUT2D eigenvalue weighted by Crippen LogP contribution is 2.20. The maximum Gasteiger partial charge on any atom is 0.144 e. The maximum absolute atomic E-state index is 11.7. The summed E-state index contributed by atoms with van der Waals surface area (Å²) in [5, 5.41) is 0.381. The van der Waals surface area contributed by atoms with E-state index in [0.717, 1.165) is 10.0 Å². The first-order valence-corrected chi connectivity index (χ1v) is 6.85. The smallest absolute Gasteiger partial charge is 0.144 e. The van der Waals surface area contributed by atoms with Crippen molar-refractivity contribution in [3.63, 3.8) is 0 Å². The first-order chi connectivity index (χ1) is 7.30. The normalized spacial score (nSPS) is 14.4. The Labute approximate surface area is 112 Å². The van der Waals surface area contributed by atoms with Crippen LogP contribution >= 0.6 is 27.5 Å². The summed E-state index contributed by atoms with van der Waals surface area (Å²) in [5.41, 5.74) is 0.762. The fraction of sp³-hybridized carbons (Fsp3) is 0.400. The van der Waals surface area contributed by atoms with Crippen molar-refractivity contribution in [3.8, 4) is 0 Å². The van der Waals surface area contributed by atoms with Crippen molar-refractivity contribution >= 4 is 45.1 Å². The molecule has 0 fully saturated rings. The Balaban J connectivity index is 2.88. The summed E-state index contributed by atoms with van der Waals surface area (Å²) in [6, 6.07) is 1.66. The third-order valence-corrected chi connectivity index (χ3v) is 3.88. The van der Waals surface area contributed by atoms with Gasteiger partial charge in [-0.05, 0) is 42.8 Å². The molecule has 0 spiro atoms. The molecule has 0 bridgehead atoms. The molecule has 0 aliphatic heterocycles. The average molecular weight is 324 g/mol. The zero-order valence-electron chi connectivity index (χ0n) is 9.20. The molecule has 1 atom stereocenters. The van der Waals surface area contributed by atoms with Crippen molar-refractivity contribution < 1.29 is 4.55 Å². The van der Waals surface area contributed by atoms with Crippen molar-refractivity contribution in [2.75, 3.05) is 0 Å². The predicted octanol–water partition coefficient (Wildman–Crippen LogP) is 3.38. The summed E-state index contributed by atoms with van der Waals surface area (Å²) in [6.45, 7) is 5.61. The van der Waals surface area contributed by atoms with Crippen molar-refractivity contribution in [1.29, 1.82) is 0 Å². The molecule has 0 unspecified atom stereocenters. The van der Waals surface area contributed by atoms with Crippen LogP contribution in [0.1, 0.15) is 26.3 Å². The summed E-state index contributed by atoms with van der Waals surface area (Å²) < 4.78 is 16.1. The number of nitrogens with zero attached hydrogens (tertiary/aromatic N) is 2. The minimum Gasteiger partial charge on any atom is -0.591 e. The lowest BCUT2D eigenvalue weighted by atomic mass is 10.3. The van der Waals surface area contributed by atoms with Gasteiger partial charge in [-0.25, -0.2) is 4.98 Å². The number of rotatable bonds is 2. The zero-order chi connectivity index (χ0) is 12.3. The first-order valence-electron chi connectivity index (χ1n) is 4.58. The van der Waals surface area contributed by atoms with Gasteiger partial charge in [0.25, 0.3) is 0 Å². The third-order valence-electron chi connectivity index (χ3n) is 1.66. The Morgan fingerprint density at radius 2 is 2.19 bits per heavy atom. The van der Waals surface area contributed by atoms with Crippen molar-refractivity contribution in [2.45, 2.75) is 25.5 Å². The number of halogens is 2. The van der Waals surface area contributed by atoms with Crippen LogP contribution in [0.25, 0.3) is 0 Å². The van der Waals surface area contributed by atoms with Crippen LogP contribution in [0.4, 0.5) is 0 Å². The topological polar surface area (TPSA) is 48.3 Å². The second-order valence-electron chi connectivity index (χ2n) is 4.12. The molecule has 3 nitrogen and oxygen atoms in total. The summed E-state index contributed by atoms with van der Waals surface area (Å²) in [7, 11) is 0. The van der Waals surface area contributed by atoms with Crippen LogP contribution in [-0.4, -0.2) is 20.5 Å². The van der Waals surface area contributed by atoms with Crippen LogP contribution in [0, 0.1) is 0 Å². The highest BCUT2D eigenvalue weighted by Gasteiger charge is 2.25. The van der Waals surface area contributed by atoms with Gasteiger partial charge in [0.15, 0.2) is 0 Å². The van der Waals surface area contributed by atoms with Gasteiger partial charge in [0.2, 0.25) is 0 Å². The molecule has 1 rings (SSSR count). The van der Waals surface area contributed by atoms with E-state index in [9.17, 15) is 4.55 Å². The number of hydrogen-bond donors (Lipinski definition) is 0. The monoisotopic (exact) mass is 322 g/mol. The van der Waals surface area contributed by atoms with Crippen LogP contribution in [0.2, 0.25) is 5.15 Å². The van der Waals surface area contributed by atoms with Crippen molar-refractivity contribution in [2.24, 2.45) is 4.40 Å². The number of aromatic nitrogens is 1. The van der Waals surface area contributed by atoms with E-state index in [1.165, 1.54) is 0 Å². The molecule has 1 aromatic rings. The van der Waals surface area contributed by atoms with E-state index in [2.05, 4.69) is 25.3 Å². The predicted molar refractivity (Wildman–Crippen MR) is 72.4 cm³/mol. The second kappa shape index (κ2) is 5.49. The first kappa shape index (κ1) is 14.0. The highest BCUT2D eigenvalue weighted by atomic mass is 79.9. The molecular formula is C10H12BrClN2OS. The fourth-order valence-electron chi connectivity index (χ4n) is 0.789. The Morgan fingerprint density at radius 3 is 2.75 bits per heavy atom. The van der Waals surface area contributed by atoms with E-state index < -0.39 is 11.4 Å². The van der Waals surface area contributed by atoms with Gasteiger partial charge in [-0.1, -0.05) is 16.0 Å². The lowest BCUT2D eigenvalue weighted by Crippen LogP contribution is -2.25. The van der Waals surface area contributed by atoms with Crippen LogP contribution in [0.15, 0.2) is 21.1 Å². The minimum atomic E-state index is -1.27. The van der Waals surface area contributed by atoms with Gasteiger partial charge in [-0.3, -0.25) is 0 Å². The molecule has 0 N–H and O–H groups in total. The molecule has 88 valence electrons. The van der Waals surface area contributed by atoms with Crippen LogP contribution in [-0.2, 0) is 11.4 Å². The molecule has 0 aromatic carbocycles. The lowest BCUT2D eigenvalue weighted by molar-refractivity contribution is 0.562. The molecular weight excluding hydrogens is 312 g/mol. The van der Waals surface area contributed by atoms with Crippen LogP contribution in [0.5, 0.6) is 0 Å². The molecule has 0 radical (unpaired) electrons. The third kappa shape index (κ3) is 4.05. The van der Waals surface area contributed by atoms with Gasteiger partial charge in [0.1, 0.15) is 21.3 Å². The summed E-state index contributed by atoms with van der Waals surface area (Å²) in [5.74, 6) is 0. The average Bonchev–Trinajstić information content (AvgIpc) is 2.17.